The number of likely N-dealkylation sites (tertiary alicyclic amines) is 1. The van der Waals surface area contributed by atoms with Crippen molar-refractivity contribution in [3.63, 3.8) is 0 Å². The molecule has 1 atom stereocenters. The lowest BCUT2D eigenvalue weighted by Gasteiger charge is -2.19. The van der Waals surface area contributed by atoms with Crippen LogP contribution in [-0.2, 0) is 9.59 Å². The molecule has 2 aromatic heterocycles. The van der Waals surface area contributed by atoms with Gasteiger partial charge in [-0.2, -0.15) is 5.10 Å². The first-order valence-electron chi connectivity index (χ1n) is 10.5. The van der Waals surface area contributed by atoms with Gasteiger partial charge in [-0.15, -0.1) is 11.3 Å². The van der Waals surface area contributed by atoms with E-state index in [9.17, 15) is 14.4 Å². The van der Waals surface area contributed by atoms with Gasteiger partial charge >= 0.3 is 0 Å². The van der Waals surface area contributed by atoms with Crippen molar-refractivity contribution in [1.82, 2.24) is 20.0 Å². The van der Waals surface area contributed by atoms with Crippen LogP contribution in [0.3, 0.4) is 0 Å². The Morgan fingerprint density at radius 2 is 2.10 bits per heavy atom. The zero-order chi connectivity index (χ0) is 21.3. The number of fused-ring (bicyclic) bond motifs is 3. The molecule has 0 spiro atoms. The Labute approximate surface area is 178 Å². The first kappa shape index (κ1) is 20.5. The van der Waals surface area contributed by atoms with Gasteiger partial charge in [-0.3, -0.25) is 14.4 Å². The quantitative estimate of drug-likeness (QED) is 0.589. The molecule has 30 heavy (non-hydrogen) atoms. The lowest BCUT2D eigenvalue weighted by Crippen LogP contribution is -2.39. The van der Waals surface area contributed by atoms with Gasteiger partial charge in [-0.1, -0.05) is 25.1 Å². The molecule has 1 saturated heterocycles. The Balaban J connectivity index is 1.54. The number of aromatic nitrogens is 2. The molecule has 3 heterocycles. The number of nitrogens with one attached hydrogen (secondary N) is 1. The van der Waals surface area contributed by atoms with E-state index in [0.29, 0.717) is 37.7 Å². The van der Waals surface area contributed by atoms with Gasteiger partial charge in [-0.05, 0) is 32.3 Å². The minimum Gasteiger partial charge on any atom is -0.354 e. The molecule has 1 aromatic carbocycles. The zero-order valence-corrected chi connectivity index (χ0v) is 18.1. The first-order chi connectivity index (χ1) is 14.5. The van der Waals surface area contributed by atoms with Crippen molar-refractivity contribution < 1.29 is 9.59 Å². The third-order valence-electron chi connectivity index (χ3n) is 5.66. The van der Waals surface area contributed by atoms with Crippen molar-refractivity contribution in [3.05, 3.63) is 40.3 Å². The number of benzene rings is 1. The summed E-state index contributed by atoms with van der Waals surface area (Å²) in [6.45, 7) is 5.69. The summed E-state index contributed by atoms with van der Waals surface area (Å²) in [5.41, 5.74) is 0.530. The van der Waals surface area contributed by atoms with E-state index in [4.69, 9.17) is 0 Å². The third kappa shape index (κ3) is 3.71. The highest BCUT2D eigenvalue weighted by Gasteiger charge is 2.24. The zero-order valence-electron chi connectivity index (χ0n) is 17.3. The van der Waals surface area contributed by atoms with Gasteiger partial charge in [0, 0.05) is 36.1 Å². The van der Waals surface area contributed by atoms with Crippen LogP contribution in [0.25, 0.3) is 20.2 Å². The Hall–Kier alpha value is -2.74. The molecular weight excluding hydrogens is 400 g/mol. The smallest absolute Gasteiger partial charge is 0.276 e. The maximum atomic E-state index is 13.3. The molecule has 8 heteroatoms. The van der Waals surface area contributed by atoms with E-state index in [1.165, 1.54) is 4.68 Å². The molecule has 1 aliphatic heterocycles. The number of rotatable bonds is 7. The first-order valence-corrected chi connectivity index (χ1v) is 11.3. The van der Waals surface area contributed by atoms with E-state index in [0.717, 1.165) is 33.4 Å². The van der Waals surface area contributed by atoms with E-state index in [1.54, 1.807) is 11.3 Å². The van der Waals surface area contributed by atoms with E-state index >= 15 is 0 Å². The third-order valence-corrected chi connectivity index (χ3v) is 6.94. The minimum atomic E-state index is -0.660. The maximum absolute atomic E-state index is 13.3. The highest BCUT2D eigenvalue weighted by molar-refractivity contribution is 7.26. The number of aryl methyl sites for hydroxylation is 1. The molecule has 0 saturated carbocycles. The van der Waals surface area contributed by atoms with Crippen LogP contribution in [0.2, 0.25) is 0 Å². The largest absolute Gasteiger partial charge is 0.354 e. The van der Waals surface area contributed by atoms with Crippen LogP contribution in [0.1, 0.15) is 44.3 Å². The topological polar surface area (TPSA) is 84.3 Å². The lowest BCUT2D eigenvalue weighted by atomic mass is 10.1. The number of hydrogen-bond donors (Lipinski definition) is 1. The normalized spacial score (nSPS) is 15.3. The van der Waals surface area contributed by atoms with Gasteiger partial charge in [0.2, 0.25) is 11.8 Å². The monoisotopic (exact) mass is 426 g/mol. The Morgan fingerprint density at radius 3 is 2.83 bits per heavy atom. The van der Waals surface area contributed by atoms with Gasteiger partial charge in [0.25, 0.3) is 5.56 Å². The van der Waals surface area contributed by atoms with E-state index in [1.807, 2.05) is 43.0 Å². The van der Waals surface area contributed by atoms with E-state index in [-0.39, 0.29) is 17.4 Å². The van der Waals surface area contributed by atoms with Crippen LogP contribution in [0, 0.1) is 6.92 Å². The van der Waals surface area contributed by atoms with Crippen LogP contribution in [0.15, 0.2) is 29.1 Å². The van der Waals surface area contributed by atoms with Crippen LogP contribution < -0.4 is 10.9 Å². The Morgan fingerprint density at radius 1 is 1.30 bits per heavy atom. The second-order valence-electron chi connectivity index (χ2n) is 7.69. The maximum Gasteiger partial charge on any atom is 0.276 e. The molecule has 1 aliphatic rings. The molecule has 2 amide bonds. The fourth-order valence-electron chi connectivity index (χ4n) is 4.10. The summed E-state index contributed by atoms with van der Waals surface area (Å²) >= 11 is 1.56. The van der Waals surface area contributed by atoms with Crippen LogP contribution in [0.4, 0.5) is 0 Å². The number of amides is 2. The van der Waals surface area contributed by atoms with Gasteiger partial charge in [0.15, 0.2) is 0 Å². The van der Waals surface area contributed by atoms with Gasteiger partial charge in [-0.25, -0.2) is 4.68 Å². The van der Waals surface area contributed by atoms with Crippen LogP contribution in [0.5, 0.6) is 0 Å². The number of thiophene rings is 1. The van der Waals surface area contributed by atoms with Crippen LogP contribution >= 0.6 is 11.3 Å². The second-order valence-corrected chi connectivity index (χ2v) is 8.74. The van der Waals surface area contributed by atoms with Crippen LogP contribution in [-0.4, -0.2) is 46.1 Å². The summed E-state index contributed by atoms with van der Waals surface area (Å²) in [5.74, 6) is -0.0200. The summed E-state index contributed by atoms with van der Waals surface area (Å²) in [7, 11) is 0. The SMILES string of the molecule is CCC(C(=O)NCCCN1CCCC1=O)n1nc(C)c2sc3ccccc3c2c1=O. The summed E-state index contributed by atoms with van der Waals surface area (Å²) in [5, 5.41) is 8.96. The second kappa shape index (κ2) is 8.55. The predicted molar refractivity (Wildman–Crippen MR) is 119 cm³/mol. The molecule has 0 aliphatic carbocycles. The molecular formula is C22H26N4O3S. The molecule has 1 N–H and O–H groups in total. The summed E-state index contributed by atoms with van der Waals surface area (Å²) in [6.07, 6.45) is 2.70. The molecule has 7 nitrogen and oxygen atoms in total. The van der Waals surface area contributed by atoms with E-state index < -0.39 is 6.04 Å². The minimum absolute atomic E-state index is 0.190. The summed E-state index contributed by atoms with van der Waals surface area (Å²) in [4.78, 5) is 39.7. The summed E-state index contributed by atoms with van der Waals surface area (Å²) in [6, 6.07) is 7.16. The average Bonchev–Trinajstić information content (AvgIpc) is 3.33. The number of nitrogens with zero attached hydrogens (tertiary/aromatic N) is 3. The highest BCUT2D eigenvalue weighted by atomic mass is 32.1. The number of carbonyl (C=O) groups excluding carboxylic acids is 2. The van der Waals surface area contributed by atoms with Crippen molar-refractivity contribution in [1.29, 1.82) is 0 Å². The van der Waals surface area contributed by atoms with Gasteiger partial charge in [0.05, 0.1) is 15.8 Å². The lowest BCUT2D eigenvalue weighted by molar-refractivity contribution is -0.127. The van der Waals surface area contributed by atoms with Gasteiger partial charge < -0.3 is 10.2 Å². The standard InChI is InChI=1S/C22H26N4O3S/c1-3-16(21(28)23-11-7-13-25-12-6-10-18(25)27)26-22(29)19-15-8-4-5-9-17(15)30-20(19)14(2)24-26/h4-5,8-9,16H,3,6-7,10-13H2,1-2H3,(H,23,28). The van der Waals surface area contributed by atoms with Crippen molar-refractivity contribution >= 4 is 43.3 Å². The number of hydrogen-bond acceptors (Lipinski definition) is 5. The fourth-order valence-corrected chi connectivity index (χ4v) is 5.23. The number of carbonyl (C=O) groups is 2. The van der Waals surface area contributed by atoms with Crippen molar-refractivity contribution in [2.24, 2.45) is 0 Å². The van der Waals surface area contributed by atoms with Crippen molar-refractivity contribution in [3.8, 4) is 0 Å². The molecule has 158 valence electrons. The van der Waals surface area contributed by atoms with E-state index in [2.05, 4.69) is 10.4 Å². The Kier molecular flexibility index (Phi) is 5.85. The van der Waals surface area contributed by atoms with Gasteiger partial charge in [0.1, 0.15) is 6.04 Å². The Bertz CT molecular complexity index is 1170. The highest BCUT2D eigenvalue weighted by Crippen LogP contribution is 2.33. The van der Waals surface area contributed by atoms with Crippen molar-refractivity contribution in [2.45, 2.75) is 45.6 Å². The molecule has 3 aromatic rings. The molecule has 0 radical (unpaired) electrons. The summed E-state index contributed by atoms with van der Waals surface area (Å²) < 4.78 is 3.26. The predicted octanol–water partition coefficient (Wildman–Crippen LogP) is 3.00. The van der Waals surface area contributed by atoms with Crippen molar-refractivity contribution in [2.75, 3.05) is 19.6 Å². The fraction of sp³-hybridized carbons (Fsp3) is 0.455. The molecule has 1 unspecified atom stereocenters. The molecule has 4 rings (SSSR count). The average molecular weight is 427 g/mol. The molecule has 1 fully saturated rings. The molecule has 0 bridgehead atoms.